The molecule has 0 unspecified atom stereocenters. The summed E-state index contributed by atoms with van der Waals surface area (Å²) in [5, 5.41) is 3.59. The van der Waals surface area contributed by atoms with Gasteiger partial charge in [-0.1, -0.05) is 18.2 Å². The zero-order valence-electron chi connectivity index (χ0n) is 14.4. The molecule has 0 aliphatic heterocycles. The molecule has 0 aliphatic rings. The zero-order chi connectivity index (χ0) is 17.0. The van der Waals surface area contributed by atoms with Gasteiger partial charge in [0.05, 0.1) is 17.6 Å². The quantitative estimate of drug-likeness (QED) is 0.548. The van der Waals surface area contributed by atoms with Crippen LogP contribution in [0.5, 0.6) is 0 Å². The number of aromatic amines is 1. The van der Waals surface area contributed by atoms with Crippen LogP contribution in [-0.2, 0) is 11.8 Å². The molecule has 4 nitrogen and oxygen atoms in total. The molecule has 2 aromatic carbocycles. The molecule has 0 fully saturated rings. The number of benzene rings is 2. The first kappa shape index (κ1) is 14.8. The van der Waals surface area contributed by atoms with Gasteiger partial charge < -0.3 is 14.3 Å². The topological polar surface area (TPSA) is 47.0 Å². The number of hydrogen-bond acceptors (Lipinski definition) is 2. The van der Waals surface area contributed by atoms with Gasteiger partial charge in [0.15, 0.2) is 0 Å². The van der Waals surface area contributed by atoms with Crippen molar-refractivity contribution >= 4 is 38.7 Å². The SMILES string of the molecule is CCOC(=O)c1cc2c(C)c3c4ccccc4n(C)c3c(C)c2[nH]1. The van der Waals surface area contributed by atoms with Crippen LogP contribution in [0, 0.1) is 13.8 Å². The molecule has 0 aliphatic carbocycles. The molecule has 0 bridgehead atoms. The second kappa shape index (κ2) is 5.13. The Labute approximate surface area is 140 Å². The van der Waals surface area contributed by atoms with Crippen molar-refractivity contribution in [1.82, 2.24) is 9.55 Å². The van der Waals surface area contributed by atoms with E-state index >= 15 is 0 Å². The highest BCUT2D eigenvalue weighted by Crippen LogP contribution is 2.38. The number of para-hydroxylation sites is 1. The number of H-pyrrole nitrogens is 1. The van der Waals surface area contributed by atoms with Crippen molar-refractivity contribution in [1.29, 1.82) is 0 Å². The minimum absolute atomic E-state index is 0.304. The first-order chi connectivity index (χ1) is 11.5. The van der Waals surface area contributed by atoms with Gasteiger partial charge >= 0.3 is 5.97 Å². The van der Waals surface area contributed by atoms with Crippen LogP contribution in [0.15, 0.2) is 30.3 Å². The van der Waals surface area contributed by atoms with Crippen molar-refractivity contribution in [3.8, 4) is 0 Å². The standard InChI is InChI=1S/C20H20N2O2/c1-5-24-20(23)15-10-14-11(2)17-13-8-6-7-9-16(13)22(4)19(17)12(3)18(14)21-15/h6-10,21H,5H2,1-4H3. The molecule has 4 rings (SSSR count). The van der Waals surface area contributed by atoms with E-state index in [0.717, 1.165) is 16.5 Å². The summed E-state index contributed by atoms with van der Waals surface area (Å²) < 4.78 is 7.37. The van der Waals surface area contributed by atoms with E-state index in [0.29, 0.717) is 12.3 Å². The van der Waals surface area contributed by atoms with Gasteiger partial charge in [0.25, 0.3) is 0 Å². The van der Waals surface area contributed by atoms with E-state index in [1.54, 1.807) is 0 Å². The molecule has 122 valence electrons. The highest BCUT2D eigenvalue weighted by Gasteiger charge is 2.19. The lowest BCUT2D eigenvalue weighted by atomic mass is 10.00. The number of aromatic nitrogens is 2. The lowest BCUT2D eigenvalue weighted by Gasteiger charge is -2.07. The third-order valence-electron chi connectivity index (χ3n) is 4.93. The molecule has 0 saturated carbocycles. The summed E-state index contributed by atoms with van der Waals surface area (Å²) in [5.41, 5.74) is 6.29. The van der Waals surface area contributed by atoms with Crippen molar-refractivity contribution in [2.45, 2.75) is 20.8 Å². The molecular formula is C20H20N2O2. The van der Waals surface area contributed by atoms with Crippen molar-refractivity contribution < 1.29 is 9.53 Å². The molecule has 0 saturated heterocycles. The van der Waals surface area contributed by atoms with Gasteiger partial charge in [0.2, 0.25) is 0 Å². The number of esters is 1. The van der Waals surface area contributed by atoms with Crippen molar-refractivity contribution in [3.05, 3.63) is 47.2 Å². The lowest BCUT2D eigenvalue weighted by molar-refractivity contribution is 0.0520. The summed E-state index contributed by atoms with van der Waals surface area (Å²) in [6.45, 7) is 6.42. The smallest absolute Gasteiger partial charge is 0.354 e. The minimum Gasteiger partial charge on any atom is -0.461 e. The van der Waals surface area contributed by atoms with Crippen molar-refractivity contribution in [2.75, 3.05) is 6.61 Å². The highest BCUT2D eigenvalue weighted by atomic mass is 16.5. The molecule has 0 radical (unpaired) electrons. The number of ether oxygens (including phenoxy) is 1. The molecule has 2 heterocycles. The Hall–Kier alpha value is -2.75. The maximum Gasteiger partial charge on any atom is 0.354 e. The Morgan fingerprint density at radius 3 is 2.67 bits per heavy atom. The Kier molecular flexibility index (Phi) is 3.17. The summed E-state index contributed by atoms with van der Waals surface area (Å²) >= 11 is 0. The van der Waals surface area contributed by atoms with E-state index in [1.165, 1.54) is 27.4 Å². The Balaban J connectivity index is 2.15. The molecule has 0 amide bonds. The summed E-state index contributed by atoms with van der Waals surface area (Å²) in [6.07, 6.45) is 0. The van der Waals surface area contributed by atoms with Crippen LogP contribution >= 0.6 is 0 Å². The maximum atomic E-state index is 12.1. The van der Waals surface area contributed by atoms with E-state index in [-0.39, 0.29) is 5.97 Å². The van der Waals surface area contributed by atoms with Gasteiger partial charge in [-0.25, -0.2) is 4.79 Å². The van der Waals surface area contributed by atoms with Crippen LogP contribution in [0.3, 0.4) is 0 Å². The fourth-order valence-corrected chi connectivity index (χ4v) is 3.83. The fraction of sp³-hybridized carbons (Fsp3) is 0.250. The van der Waals surface area contributed by atoms with Crippen LogP contribution in [0.2, 0.25) is 0 Å². The molecular weight excluding hydrogens is 300 g/mol. The first-order valence-corrected chi connectivity index (χ1v) is 8.20. The number of nitrogens with zero attached hydrogens (tertiary/aromatic N) is 1. The molecule has 0 spiro atoms. The number of nitrogens with one attached hydrogen (secondary N) is 1. The third kappa shape index (κ3) is 1.83. The normalized spacial score (nSPS) is 11.7. The van der Waals surface area contributed by atoms with Gasteiger partial charge in [-0.05, 0) is 44.0 Å². The molecule has 1 N–H and O–H groups in total. The van der Waals surface area contributed by atoms with Crippen LogP contribution in [-0.4, -0.2) is 22.1 Å². The number of carbonyl (C=O) groups excluding carboxylic acids is 1. The van der Waals surface area contributed by atoms with Crippen LogP contribution in [0.4, 0.5) is 0 Å². The number of rotatable bonds is 2. The Morgan fingerprint density at radius 2 is 1.92 bits per heavy atom. The van der Waals surface area contributed by atoms with E-state index in [2.05, 4.69) is 54.7 Å². The van der Waals surface area contributed by atoms with E-state index in [4.69, 9.17) is 4.74 Å². The second-order valence-electron chi connectivity index (χ2n) is 6.24. The fourth-order valence-electron chi connectivity index (χ4n) is 3.83. The zero-order valence-corrected chi connectivity index (χ0v) is 14.4. The largest absolute Gasteiger partial charge is 0.461 e. The average molecular weight is 320 g/mol. The lowest BCUT2D eigenvalue weighted by Crippen LogP contribution is -2.04. The highest BCUT2D eigenvalue weighted by molar-refractivity contribution is 6.17. The molecule has 4 aromatic rings. The summed E-state index contributed by atoms with van der Waals surface area (Å²) in [6, 6.07) is 10.4. The van der Waals surface area contributed by atoms with Gasteiger partial charge in [0, 0.05) is 28.7 Å². The average Bonchev–Trinajstić information content (AvgIpc) is 3.14. The van der Waals surface area contributed by atoms with Crippen LogP contribution < -0.4 is 0 Å². The van der Waals surface area contributed by atoms with E-state index < -0.39 is 0 Å². The molecule has 24 heavy (non-hydrogen) atoms. The minimum atomic E-state index is -0.304. The van der Waals surface area contributed by atoms with E-state index in [1.807, 2.05) is 13.0 Å². The predicted octanol–water partition coefficient (Wildman–Crippen LogP) is 4.61. The Morgan fingerprint density at radius 1 is 1.17 bits per heavy atom. The predicted molar refractivity (Wildman–Crippen MR) is 97.7 cm³/mol. The van der Waals surface area contributed by atoms with Crippen molar-refractivity contribution in [2.24, 2.45) is 7.05 Å². The third-order valence-corrected chi connectivity index (χ3v) is 4.93. The van der Waals surface area contributed by atoms with Crippen LogP contribution in [0.25, 0.3) is 32.7 Å². The maximum absolute atomic E-state index is 12.1. The molecule has 4 heteroatoms. The summed E-state index contributed by atoms with van der Waals surface area (Å²) in [7, 11) is 2.10. The van der Waals surface area contributed by atoms with Crippen LogP contribution in [0.1, 0.15) is 28.5 Å². The summed E-state index contributed by atoms with van der Waals surface area (Å²) in [4.78, 5) is 15.4. The summed E-state index contributed by atoms with van der Waals surface area (Å²) in [5.74, 6) is -0.304. The van der Waals surface area contributed by atoms with Crippen molar-refractivity contribution in [3.63, 3.8) is 0 Å². The second-order valence-corrected chi connectivity index (χ2v) is 6.24. The monoisotopic (exact) mass is 320 g/mol. The Bertz CT molecular complexity index is 1120. The number of carbonyl (C=O) groups is 1. The van der Waals surface area contributed by atoms with E-state index in [9.17, 15) is 4.79 Å². The molecule has 2 aromatic heterocycles. The van der Waals surface area contributed by atoms with Gasteiger partial charge in [0.1, 0.15) is 5.69 Å². The number of aryl methyl sites for hydroxylation is 3. The first-order valence-electron chi connectivity index (χ1n) is 8.20. The van der Waals surface area contributed by atoms with Gasteiger partial charge in [-0.15, -0.1) is 0 Å². The van der Waals surface area contributed by atoms with Gasteiger partial charge in [-0.3, -0.25) is 0 Å². The number of fused-ring (bicyclic) bond motifs is 4. The molecule has 0 atom stereocenters. The number of hydrogen-bond donors (Lipinski definition) is 1. The van der Waals surface area contributed by atoms with Gasteiger partial charge in [-0.2, -0.15) is 0 Å².